The fourth-order valence-corrected chi connectivity index (χ4v) is 6.47. The van der Waals surface area contributed by atoms with Crippen molar-refractivity contribution >= 4 is 38.1 Å². The van der Waals surface area contributed by atoms with Gasteiger partial charge in [0.1, 0.15) is 0 Å². The maximum atomic E-state index is 13.4. The van der Waals surface area contributed by atoms with Gasteiger partial charge in [-0.2, -0.15) is 0 Å². The minimum Gasteiger partial charge on any atom is -0.382 e. The number of sulfonamides is 1. The number of nitrogens with zero attached hydrogens (tertiary/aromatic N) is 4. The lowest BCUT2D eigenvalue weighted by atomic mass is 10.1. The molecule has 3 aromatic rings. The second-order valence-corrected chi connectivity index (χ2v) is 12.1. The third kappa shape index (κ3) is 4.65. The maximum Gasteiger partial charge on any atom is 0.333 e. The molecule has 0 spiro atoms. The fraction of sp³-hybridized carbons (Fsp3) is 0.571. The Balaban J connectivity index is 1.70. The van der Waals surface area contributed by atoms with E-state index in [2.05, 4.69) is 19.9 Å². The van der Waals surface area contributed by atoms with Gasteiger partial charge in [-0.25, -0.2) is 31.3 Å². The molecule has 15 heteroatoms. The number of hydrogen-bond donors (Lipinski definition) is 2. The second kappa shape index (κ2) is 9.13. The molecule has 36 heavy (non-hydrogen) atoms. The van der Waals surface area contributed by atoms with Gasteiger partial charge in [0, 0.05) is 25.2 Å². The van der Waals surface area contributed by atoms with Crippen molar-refractivity contribution in [2.75, 3.05) is 31.8 Å². The highest BCUT2D eigenvalue weighted by Gasteiger charge is 2.42. The third-order valence-corrected chi connectivity index (χ3v) is 8.95. The Kier molecular flexibility index (Phi) is 6.39. The van der Waals surface area contributed by atoms with E-state index in [0.717, 1.165) is 17.4 Å². The lowest BCUT2D eigenvalue weighted by molar-refractivity contribution is -0.0221. The van der Waals surface area contributed by atoms with Gasteiger partial charge in [0.2, 0.25) is 15.2 Å². The average molecular weight is 545 g/mol. The average Bonchev–Trinajstić information content (AvgIpc) is 3.19. The molecular formula is C21H26F2N6O5S2. The van der Waals surface area contributed by atoms with Crippen molar-refractivity contribution in [2.24, 2.45) is 0 Å². The highest BCUT2D eigenvalue weighted by atomic mass is 32.2. The van der Waals surface area contributed by atoms with Crippen molar-refractivity contribution in [3.05, 3.63) is 27.6 Å². The van der Waals surface area contributed by atoms with E-state index in [1.165, 1.54) is 12.1 Å². The predicted octanol–water partition coefficient (Wildman–Crippen LogP) is 2.18. The summed E-state index contributed by atoms with van der Waals surface area (Å²) in [7, 11) is -2.40. The normalized spacial score (nSPS) is 22.0. The van der Waals surface area contributed by atoms with Crippen LogP contribution in [0.1, 0.15) is 38.1 Å². The number of alkyl halides is 2. The zero-order chi connectivity index (χ0) is 25.8. The quantitative estimate of drug-likeness (QED) is 0.441. The van der Waals surface area contributed by atoms with E-state index in [9.17, 15) is 22.0 Å². The number of imidazole rings is 1. The maximum absolute atomic E-state index is 13.4. The minimum atomic E-state index is -3.96. The highest BCUT2D eigenvalue weighted by molar-refractivity contribution is 7.89. The number of methoxy groups -OCH3 is 1. The summed E-state index contributed by atoms with van der Waals surface area (Å²) in [6.45, 7) is 4.84. The number of aromatic amines is 1. The van der Waals surface area contributed by atoms with Crippen LogP contribution in [0.25, 0.3) is 16.2 Å². The minimum absolute atomic E-state index is 0.0496. The van der Waals surface area contributed by atoms with Gasteiger partial charge in [-0.15, -0.1) is 10.2 Å². The molecule has 2 fully saturated rings. The van der Waals surface area contributed by atoms with Crippen LogP contribution in [0.15, 0.2) is 21.8 Å². The number of morpholine rings is 1. The van der Waals surface area contributed by atoms with Crippen molar-refractivity contribution in [3.8, 4) is 5.13 Å². The molecule has 0 amide bonds. The summed E-state index contributed by atoms with van der Waals surface area (Å²) in [6.07, 6.45) is -1.68. The Morgan fingerprint density at radius 1 is 1.36 bits per heavy atom. The first kappa shape index (κ1) is 25.2. The largest absolute Gasteiger partial charge is 0.382 e. The van der Waals surface area contributed by atoms with Crippen LogP contribution in [0.4, 0.5) is 14.5 Å². The molecule has 2 N–H and O–H groups in total. The zero-order valence-corrected chi connectivity index (χ0v) is 21.5. The monoisotopic (exact) mass is 544 g/mol. The molecule has 0 unspecified atom stereocenters. The van der Waals surface area contributed by atoms with Crippen LogP contribution in [0.3, 0.4) is 0 Å². The van der Waals surface area contributed by atoms with Crippen LogP contribution in [-0.4, -0.2) is 72.7 Å². The van der Waals surface area contributed by atoms with Gasteiger partial charge in [-0.3, -0.25) is 0 Å². The van der Waals surface area contributed by atoms with E-state index in [4.69, 9.17) is 9.47 Å². The molecular weight excluding hydrogens is 518 g/mol. The van der Waals surface area contributed by atoms with E-state index >= 15 is 0 Å². The molecule has 196 valence electrons. The number of anilines is 1. The summed E-state index contributed by atoms with van der Waals surface area (Å²) >= 11 is 0.566. The van der Waals surface area contributed by atoms with Crippen LogP contribution in [0, 0.1) is 0 Å². The zero-order valence-electron chi connectivity index (χ0n) is 19.8. The molecule has 1 aliphatic heterocycles. The smallest absolute Gasteiger partial charge is 0.333 e. The van der Waals surface area contributed by atoms with Gasteiger partial charge in [-0.05, 0) is 38.8 Å². The number of H-pyrrole nitrogens is 1. The number of rotatable bonds is 8. The van der Waals surface area contributed by atoms with E-state index in [1.807, 2.05) is 18.7 Å². The van der Waals surface area contributed by atoms with Gasteiger partial charge < -0.3 is 19.4 Å². The topological polar surface area (TPSA) is 131 Å². The van der Waals surface area contributed by atoms with Gasteiger partial charge in [-0.1, -0.05) is 11.3 Å². The predicted molar refractivity (Wildman–Crippen MR) is 129 cm³/mol. The number of nitrogens with one attached hydrogen (secondary N) is 2. The van der Waals surface area contributed by atoms with Gasteiger partial charge >= 0.3 is 5.69 Å². The number of hydrogen-bond acceptors (Lipinski definition) is 9. The lowest BCUT2D eigenvalue weighted by Gasteiger charge is -2.39. The molecule has 2 aromatic heterocycles. The molecule has 0 bridgehead atoms. The summed E-state index contributed by atoms with van der Waals surface area (Å²) in [5.74, 6) is 0. The van der Waals surface area contributed by atoms with Crippen LogP contribution < -0.4 is 15.3 Å². The van der Waals surface area contributed by atoms with Gasteiger partial charge in [0.25, 0.3) is 6.43 Å². The fourth-order valence-electron chi connectivity index (χ4n) is 4.25. The van der Waals surface area contributed by atoms with E-state index < -0.39 is 32.7 Å². The molecule has 1 aliphatic carbocycles. The first-order chi connectivity index (χ1) is 17.0. The molecule has 2 aliphatic rings. The number of aromatic nitrogens is 4. The number of fused-ring (bicyclic) bond motifs is 1. The third-order valence-electron chi connectivity index (χ3n) is 6.41. The van der Waals surface area contributed by atoms with Crippen molar-refractivity contribution in [1.29, 1.82) is 0 Å². The van der Waals surface area contributed by atoms with Crippen molar-refractivity contribution in [3.63, 3.8) is 0 Å². The number of halogens is 2. The summed E-state index contributed by atoms with van der Waals surface area (Å²) in [4.78, 5) is 17.7. The Bertz CT molecular complexity index is 1450. The Labute approximate surface area is 209 Å². The molecule has 0 radical (unpaired) electrons. The van der Waals surface area contributed by atoms with Crippen molar-refractivity contribution < 1.29 is 26.7 Å². The number of benzene rings is 1. The first-order valence-electron chi connectivity index (χ1n) is 11.3. The Morgan fingerprint density at radius 2 is 2.11 bits per heavy atom. The highest BCUT2D eigenvalue weighted by Crippen LogP contribution is 2.38. The molecule has 3 heterocycles. The SMILES string of the molecule is COC[C@H]1CN(c2cc(S(=O)(=O)NC3(C)CC3)cc3c2[nH]c(=O)n3-c2nnc(C(F)F)s2)[C@@H](C)CO1. The van der Waals surface area contributed by atoms with Crippen LogP contribution >= 0.6 is 11.3 Å². The van der Waals surface area contributed by atoms with Crippen LogP contribution in [0.5, 0.6) is 0 Å². The van der Waals surface area contributed by atoms with Gasteiger partial charge in [0.05, 0.1) is 40.9 Å². The Hall–Kier alpha value is -2.46. The summed E-state index contributed by atoms with van der Waals surface area (Å²) in [5, 5.41) is 6.61. The van der Waals surface area contributed by atoms with E-state index in [0.29, 0.717) is 42.3 Å². The molecule has 1 saturated carbocycles. The Morgan fingerprint density at radius 3 is 2.75 bits per heavy atom. The van der Waals surface area contributed by atoms with Gasteiger partial charge in [0.15, 0.2) is 5.01 Å². The van der Waals surface area contributed by atoms with E-state index in [1.54, 1.807) is 7.11 Å². The van der Waals surface area contributed by atoms with Crippen LogP contribution in [-0.2, 0) is 19.5 Å². The summed E-state index contributed by atoms with van der Waals surface area (Å²) in [5.41, 5.74) is -0.144. The molecule has 2 atom stereocenters. The van der Waals surface area contributed by atoms with E-state index in [-0.39, 0.29) is 27.7 Å². The standard InChI is InChI=1S/C21H26F2N6O5S2/c1-11-9-34-12(10-33-3)8-28(11)14-6-13(36(31,32)27-21(2)4-5-21)7-15-16(14)24-19(30)29(15)20-26-25-18(35-20)17(22)23/h6-7,11-12,17,27H,4-5,8-10H2,1-3H3,(H,24,30)/t11-,12+/m0/s1. The molecule has 5 rings (SSSR count). The van der Waals surface area contributed by atoms with Crippen LogP contribution in [0.2, 0.25) is 0 Å². The summed E-state index contributed by atoms with van der Waals surface area (Å²) < 4.78 is 67.9. The van der Waals surface area contributed by atoms with Crippen molar-refractivity contribution in [2.45, 2.75) is 55.7 Å². The molecule has 11 nitrogen and oxygen atoms in total. The number of ether oxygens (including phenoxy) is 2. The first-order valence-corrected chi connectivity index (χ1v) is 13.6. The second-order valence-electron chi connectivity index (χ2n) is 9.40. The summed E-state index contributed by atoms with van der Waals surface area (Å²) in [6, 6.07) is 2.73. The molecule has 1 saturated heterocycles. The van der Waals surface area contributed by atoms with Crippen molar-refractivity contribution in [1.82, 2.24) is 24.5 Å². The molecule has 1 aromatic carbocycles. The lowest BCUT2D eigenvalue weighted by Crippen LogP contribution is -2.50.